The Morgan fingerprint density at radius 3 is 2.29 bits per heavy atom. The van der Waals surface area contributed by atoms with E-state index in [1.54, 1.807) is 6.07 Å². The summed E-state index contributed by atoms with van der Waals surface area (Å²) in [6.07, 6.45) is 3.69. The highest BCUT2D eigenvalue weighted by molar-refractivity contribution is 7.91. The maximum absolute atomic E-state index is 12.7. The average molecular weight is 417 g/mol. The maximum atomic E-state index is 12.7. The summed E-state index contributed by atoms with van der Waals surface area (Å²) in [7, 11) is -2.83. The molecule has 3 aliphatic rings. The first-order valence-corrected chi connectivity index (χ1v) is 12.0. The second-order valence-corrected chi connectivity index (χ2v) is 11.2. The van der Waals surface area contributed by atoms with Crippen molar-refractivity contribution in [2.24, 2.45) is 5.41 Å². The minimum atomic E-state index is -4.39. The standard InChI is InChI=1S/C20H27F3N2O2S/c21-20(22,23)18-6-3-16(13-24-18)15-1-4-17(5-2-15)25-10-7-19(14-25)8-11-28(26,27)12-9-19/h3,6,13,15,17H,1-2,4-5,7-12,14H2/t15-,17+. The molecule has 3 heterocycles. The predicted molar refractivity (Wildman–Crippen MR) is 101 cm³/mol. The summed E-state index contributed by atoms with van der Waals surface area (Å²) in [6.45, 7) is 2.04. The summed E-state index contributed by atoms with van der Waals surface area (Å²) < 4.78 is 61.5. The number of likely N-dealkylation sites (tertiary alicyclic amines) is 1. The Hall–Kier alpha value is -1.15. The molecule has 3 fully saturated rings. The Labute approximate surface area is 164 Å². The fourth-order valence-electron chi connectivity index (χ4n) is 5.25. The van der Waals surface area contributed by atoms with Crippen molar-refractivity contribution in [1.29, 1.82) is 0 Å². The van der Waals surface area contributed by atoms with Crippen LogP contribution in [0.2, 0.25) is 0 Å². The SMILES string of the molecule is O=S1(=O)CCC2(CCN([C@H]3CC[C@@H](c4ccc(C(F)(F)F)nc4)CC3)C2)CC1. The minimum absolute atomic E-state index is 0.180. The number of halogens is 3. The number of sulfone groups is 1. The third kappa shape index (κ3) is 4.22. The molecule has 28 heavy (non-hydrogen) atoms. The van der Waals surface area contributed by atoms with Gasteiger partial charge >= 0.3 is 6.18 Å². The summed E-state index contributed by atoms with van der Waals surface area (Å²) in [5.74, 6) is 0.936. The first-order valence-electron chi connectivity index (χ1n) is 10.1. The molecule has 0 bridgehead atoms. The van der Waals surface area contributed by atoms with Gasteiger partial charge in [0.2, 0.25) is 0 Å². The van der Waals surface area contributed by atoms with Crippen molar-refractivity contribution in [2.75, 3.05) is 24.6 Å². The zero-order valence-electron chi connectivity index (χ0n) is 15.9. The van der Waals surface area contributed by atoms with E-state index in [0.29, 0.717) is 17.5 Å². The van der Waals surface area contributed by atoms with E-state index in [9.17, 15) is 21.6 Å². The van der Waals surface area contributed by atoms with Crippen LogP contribution >= 0.6 is 0 Å². The van der Waals surface area contributed by atoms with E-state index in [4.69, 9.17) is 0 Å². The first-order chi connectivity index (χ1) is 13.2. The number of hydrogen-bond donors (Lipinski definition) is 0. The summed E-state index contributed by atoms with van der Waals surface area (Å²) in [5, 5.41) is 0. The van der Waals surface area contributed by atoms with E-state index in [2.05, 4.69) is 9.88 Å². The van der Waals surface area contributed by atoms with Crippen LogP contribution in [0.1, 0.15) is 62.1 Å². The summed E-state index contributed by atoms with van der Waals surface area (Å²) in [5.41, 5.74) is 0.253. The van der Waals surface area contributed by atoms with Gasteiger partial charge in [-0.05, 0) is 74.5 Å². The van der Waals surface area contributed by atoms with Crippen LogP contribution in [0.15, 0.2) is 18.3 Å². The van der Waals surface area contributed by atoms with Gasteiger partial charge in [-0.3, -0.25) is 9.88 Å². The highest BCUT2D eigenvalue weighted by Crippen LogP contribution is 2.44. The molecule has 1 spiro atoms. The molecule has 0 atom stereocenters. The Morgan fingerprint density at radius 1 is 1.04 bits per heavy atom. The molecule has 4 rings (SSSR count). The molecule has 8 heteroatoms. The fourth-order valence-corrected chi connectivity index (χ4v) is 6.94. The van der Waals surface area contributed by atoms with E-state index in [0.717, 1.165) is 69.7 Å². The van der Waals surface area contributed by atoms with Crippen LogP contribution in [0.4, 0.5) is 13.2 Å². The Morgan fingerprint density at radius 2 is 1.71 bits per heavy atom. The quantitative estimate of drug-likeness (QED) is 0.731. The molecule has 0 N–H and O–H groups in total. The van der Waals surface area contributed by atoms with Crippen LogP contribution in [0, 0.1) is 5.41 Å². The number of alkyl halides is 3. The normalized spacial score (nSPS) is 30.5. The topological polar surface area (TPSA) is 50.3 Å². The van der Waals surface area contributed by atoms with Gasteiger partial charge in [0.25, 0.3) is 0 Å². The van der Waals surface area contributed by atoms with Crippen LogP contribution in [0.5, 0.6) is 0 Å². The lowest BCUT2D eigenvalue weighted by Gasteiger charge is -2.37. The van der Waals surface area contributed by atoms with Crippen molar-refractivity contribution in [3.8, 4) is 0 Å². The molecule has 1 saturated carbocycles. The Kier molecular flexibility index (Phi) is 5.23. The third-order valence-electron chi connectivity index (χ3n) is 7.12. The van der Waals surface area contributed by atoms with Gasteiger partial charge in [-0.15, -0.1) is 0 Å². The Bertz CT molecular complexity index is 786. The first kappa shape index (κ1) is 20.1. The molecular formula is C20H27F3N2O2S. The third-order valence-corrected chi connectivity index (χ3v) is 8.77. The number of pyridine rings is 1. The van der Waals surface area contributed by atoms with Crippen molar-refractivity contribution in [3.63, 3.8) is 0 Å². The minimum Gasteiger partial charge on any atom is -0.300 e. The van der Waals surface area contributed by atoms with Crippen LogP contribution < -0.4 is 0 Å². The van der Waals surface area contributed by atoms with Crippen molar-refractivity contribution < 1.29 is 21.6 Å². The lowest BCUT2D eigenvalue weighted by atomic mass is 9.80. The smallest absolute Gasteiger partial charge is 0.300 e. The number of hydrogen-bond acceptors (Lipinski definition) is 4. The van der Waals surface area contributed by atoms with E-state index >= 15 is 0 Å². The zero-order valence-corrected chi connectivity index (χ0v) is 16.7. The molecule has 0 unspecified atom stereocenters. The second-order valence-electron chi connectivity index (χ2n) is 8.85. The molecule has 156 valence electrons. The molecule has 0 radical (unpaired) electrons. The van der Waals surface area contributed by atoms with E-state index in [1.807, 2.05) is 0 Å². The van der Waals surface area contributed by atoms with Gasteiger partial charge < -0.3 is 0 Å². The molecule has 1 aromatic rings. The van der Waals surface area contributed by atoms with Gasteiger partial charge in [0.15, 0.2) is 0 Å². The van der Waals surface area contributed by atoms with E-state index in [-0.39, 0.29) is 11.3 Å². The lowest BCUT2D eigenvalue weighted by molar-refractivity contribution is -0.141. The Balaban J connectivity index is 1.31. The van der Waals surface area contributed by atoms with Gasteiger partial charge in [-0.25, -0.2) is 8.42 Å². The van der Waals surface area contributed by atoms with Gasteiger partial charge in [0, 0.05) is 18.8 Å². The molecule has 1 aromatic heterocycles. The maximum Gasteiger partial charge on any atom is 0.433 e. The van der Waals surface area contributed by atoms with E-state index < -0.39 is 21.7 Å². The van der Waals surface area contributed by atoms with Crippen molar-refractivity contribution in [1.82, 2.24) is 9.88 Å². The van der Waals surface area contributed by atoms with E-state index in [1.165, 1.54) is 6.20 Å². The molecule has 0 amide bonds. The van der Waals surface area contributed by atoms with Crippen LogP contribution in [0.25, 0.3) is 0 Å². The van der Waals surface area contributed by atoms with Gasteiger partial charge in [-0.1, -0.05) is 6.07 Å². The highest BCUT2D eigenvalue weighted by Gasteiger charge is 2.44. The molecule has 0 aromatic carbocycles. The van der Waals surface area contributed by atoms with Crippen molar-refractivity contribution in [2.45, 2.75) is 63.1 Å². The predicted octanol–water partition coefficient (Wildman–Crippen LogP) is 4.03. The molecule has 2 saturated heterocycles. The number of rotatable bonds is 2. The largest absolute Gasteiger partial charge is 0.433 e. The van der Waals surface area contributed by atoms with Crippen LogP contribution in [-0.4, -0.2) is 48.9 Å². The average Bonchev–Trinajstić information content (AvgIpc) is 3.09. The summed E-state index contributed by atoms with van der Waals surface area (Å²) >= 11 is 0. The number of aromatic nitrogens is 1. The lowest BCUT2D eigenvalue weighted by Crippen LogP contribution is -2.40. The fraction of sp³-hybridized carbons (Fsp3) is 0.750. The van der Waals surface area contributed by atoms with Crippen LogP contribution in [0.3, 0.4) is 0 Å². The van der Waals surface area contributed by atoms with Crippen LogP contribution in [-0.2, 0) is 16.0 Å². The second kappa shape index (κ2) is 7.27. The van der Waals surface area contributed by atoms with Crippen molar-refractivity contribution in [3.05, 3.63) is 29.6 Å². The summed E-state index contributed by atoms with van der Waals surface area (Å²) in [4.78, 5) is 6.15. The van der Waals surface area contributed by atoms with Gasteiger partial charge in [0.1, 0.15) is 15.5 Å². The monoisotopic (exact) mass is 416 g/mol. The zero-order chi connectivity index (χ0) is 20.0. The summed E-state index contributed by atoms with van der Waals surface area (Å²) in [6, 6.07) is 3.17. The molecule has 1 aliphatic carbocycles. The highest BCUT2D eigenvalue weighted by atomic mass is 32.2. The molecule has 2 aliphatic heterocycles. The van der Waals surface area contributed by atoms with Gasteiger partial charge in [-0.2, -0.15) is 13.2 Å². The molecular weight excluding hydrogens is 389 g/mol. The van der Waals surface area contributed by atoms with Crippen molar-refractivity contribution >= 4 is 9.84 Å². The van der Waals surface area contributed by atoms with Gasteiger partial charge in [0.05, 0.1) is 11.5 Å². The molecule has 4 nitrogen and oxygen atoms in total. The number of nitrogens with zero attached hydrogens (tertiary/aromatic N) is 2.